The van der Waals surface area contributed by atoms with E-state index in [1.54, 1.807) is 27.4 Å². The molecule has 0 unspecified atom stereocenters. The van der Waals surface area contributed by atoms with E-state index in [4.69, 9.17) is 14.2 Å². The van der Waals surface area contributed by atoms with Crippen LogP contribution in [0.2, 0.25) is 0 Å². The Morgan fingerprint density at radius 3 is 2.51 bits per heavy atom. The van der Waals surface area contributed by atoms with Gasteiger partial charge in [0, 0.05) is 14.5 Å². The van der Waals surface area contributed by atoms with E-state index < -0.39 is 6.04 Å². The Kier molecular flexibility index (Phi) is 9.07. The van der Waals surface area contributed by atoms with Crippen molar-refractivity contribution in [2.45, 2.75) is 29.1 Å². The zero-order valence-corrected chi connectivity index (χ0v) is 25.5. The minimum absolute atomic E-state index is 0.0910. The van der Waals surface area contributed by atoms with Gasteiger partial charge in [0.05, 0.1) is 37.8 Å². The number of thioether (sulfide) groups is 1. The zero-order valence-electron chi connectivity index (χ0n) is 20.9. The number of carbonyl (C=O) groups excluding carboxylic acids is 1. The molecule has 3 aromatic carbocycles. The molecule has 1 aliphatic carbocycles. The van der Waals surface area contributed by atoms with Gasteiger partial charge in [0.2, 0.25) is 5.75 Å². The summed E-state index contributed by atoms with van der Waals surface area (Å²) in [6.07, 6.45) is 3.11. The molecule has 194 valence electrons. The van der Waals surface area contributed by atoms with Gasteiger partial charge in [-0.2, -0.15) is 0 Å². The largest absolute Gasteiger partial charge is 0.493 e. The van der Waals surface area contributed by atoms with Gasteiger partial charge in [0.25, 0.3) is 5.91 Å². The SMILES string of the molecule is COc1cc2c(c(OC)c1OC)-c1ccc(SC)c(=O)cc1[C@@H](NC(=O)c1cccc(CBr)c1I)CC2. The number of alkyl halides is 1. The van der Waals surface area contributed by atoms with Crippen LogP contribution in [0.3, 0.4) is 0 Å². The molecular weight excluding hydrogens is 669 g/mol. The van der Waals surface area contributed by atoms with Crippen molar-refractivity contribution in [3.63, 3.8) is 0 Å². The van der Waals surface area contributed by atoms with Crippen molar-refractivity contribution in [2.24, 2.45) is 0 Å². The number of halogens is 2. The van der Waals surface area contributed by atoms with Gasteiger partial charge in [-0.3, -0.25) is 9.59 Å². The number of rotatable bonds is 7. The molecule has 0 saturated carbocycles. The standard InChI is InChI=1S/C28H27BrINO5S/c1-34-22-12-15-8-10-20(31-28(33)18-7-5-6-16(14-29)25(18)30)19-13-21(32)23(37-4)11-9-17(19)24(15)27(36-3)26(22)35-2/h5-7,9,11-13,20H,8,10,14H2,1-4H3,(H,31,33)/t20-/m0/s1. The Bertz CT molecular complexity index is 1410. The molecule has 4 rings (SSSR count). The van der Waals surface area contributed by atoms with Gasteiger partial charge >= 0.3 is 0 Å². The molecule has 0 heterocycles. The Balaban J connectivity index is 1.93. The zero-order chi connectivity index (χ0) is 26.7. The van der Waals surface area contributed by atoms with E-state index in [0.29, 0.717) is 45.9 Å². The van der Waals surface area contributed by atoms with Crippen molar-refractivity contribution >= 4 is 56.2 Å². The second-order valence-corrected chi connectivity index (χ2v) is 10.9. The van der Waals surface area contributed by atoms with E-state index in [9.17, 15) is 9.59 Å². The average molecular weight is 696 g/mol. The van der Waals surface area contributed by atoms with Gasteiger partial charge in [-0.25, -0.2) is 0 Å². The second-order valence-electron chi connectivity index (χ2n) is 8.44. The normalized spacial score (nSPS) is 14.2. The summed E-state index contributed by atoms with van der Waals surface area (Å²) in [5.74, 6) is 1.41. The quantitative estimate of drug-likeness (QED) is 0.176. The minimum Gasteiger partial charge on any atom is -0.493 e. The van der Waals surface area contributed by atoms with Crippen molar-refractivity contribution in [1.29, 1.82) is 0 Å². The van der Waals surface area contributed by atoms with Crippen LogP contribution < -0.4 is 25.0 Å². The summed E-state index contributed by atoms with van der Waals surface area (Å²) in [6.45, 7) is 0. The van der Waals surface area contributed by atoms with E-state index in [2.05, 4.69) is 43.8 Å². The van der Waals surface area contributed by atoms with Crippen molar-refractivity contribution in [3.8, 4) is 28.4 Å². The molecular formula is C28H27BrINO5S. The fraction of sp³-hybridized carbons (Fsp3) is 0.286. The molecule has 1 N–H and O–H groups in total. The Morgan fingerprint density at radius 2 is 1.86 bits per heavy atom. The topological polar surface area (TPSA) is 73.9 Å². The van der Waals surface area contributed by atoms with Crippen LogP contribution >= 0.6 is 50.3 Å². The predicted octanol–water partition coefficient (Wildman–Crippen LogP) is 6.38. The molecule has 0 aliphatic heterocycles. The number of hydrogen-bond acceptors (Lipinski definition) is 6. The molecule has 0 fully saturated rings. The number of hydrogen-bond donors (Lipinski definition) is 1. The number of carbonyl (C=O) groups is 1. The van der Waals surface area contributed by atoms with Crippen LogP contribution in [0.25, 0.3) is 11.1 Å². The molecule has 0 aromatic heterocycles. The maximum Gasteiger partial charge on any atom is 0.252 e. The van der Waals surface area contributed by atoms with Crippen LogP contribution in [0, 0.1) is 3.57 Å². The monoisotopic (exact) mass is 695 g/mol. The van der Waals surface area contributed by atoms with Crippen LogP contribution in [0.4, 0.5) is 0 Å². The summed E-state index contributed by atoms with van der Waals surface area (Å²) >= 11 is 7.10. The molecule has 0 saturated heterocycles. The van der Waals surface area contributed by atoms with Gasteiger partial charge in [-0.1, -0.05) is 34.1 Å². The summed E-state index contributed by atoms with van der Waals surface area (Å²) in [7, 11) is 4.76. The maximum absolute atomic E-state index is 13.5. The van der Waals surface area contributed by atoms with E-state index in [1.807, 2.05) is 42.7 Å². The van der Waals surface area contributed by atoms with Gasteiger partial charge in [0.15, 0.2) is 16.9 Å². The lowest BCUT2D eigenvalue weighted by atomic mass is 9.95. The number of benzene rings is 2. The highest BCUT2D eigenvalue weighted by molar-refractivity contribution is 14.1. The lowest BCUT2D eigenvalue weighted by molar-refractivity contribution is 0.0934. The molecule has 37 heavy (non-hydrogen) atoms. The molecule has 0 spiro atoms. The maximum atomic E-state index is 13.5. The lowest BCUT2D eigenvalue weighted by Gasteiger charge is -2.20. The van der Waals surface area contributed by atoms with Crippen LogP contribution in [0.5, 0.6) is 17.2 Å². The van der Waals surface area contributed by atoms with Crippen LogP contribution in [-0.2, 0) is 11.8 Å². The summed E-state index contributed by atoms with van der Waals surface area (Å²) in [4.78, 5) is 27.3. The first-order valence-electron chi connectivity index (χ1n) is 11.6. The first kappa shape index (κ1) is 27.8. The van der Waals surface area contributed by atoms with Gasteiger partial charge in [-0.05, 0) is 88.2 Å². The number of aryl methyl sites for hydroxylation is 1. The van der Waals surface area contributed by atoms with Gasteiger partial charge in [0.1, 0.15) is 0 Å². The van der Waals surface area contributed by atoms with Crippen molar-refractivity contribution in [3.05, 3.63) is 78.5 Å². The van der Waals surface area contributed by atoms with Gasteiger partial charge < -0.3 is 19.5 Å². The number of nitrogens with one attached hydrogen (secondary N) is 1. The number of ether oxygens (including phenoxy) is 3. The van der Waals surface area contributed by atoms with Crippen LogP contribution in [0.15, 0.2) is 52.2 Å². The third-order valence-electron chi connectivity index (χ3n) is 6.49. The first-order valence-corrected chi connectivity index (χ1v) is 15.0. The molecule has 1 aliphatic rings. The Hall–Kier alpha value is -2.24. The predicted molar refractivity (Wildman–Crippen MR) is 160 cm³/mol. The number of amides is 1. The average Bonchev–Trinajstić information content (AvgIpc) is 3.15. The van der Waals surface area contributed by atoms with Crippen molar-refractivity contribution < 1.29 is 19.0 Å². The number of methoxy groups -OCH3 is 3. The summed E-state index contributed by atoms with van der Waals surface area (Å²) in [5.41, 5.74) is 4.95. The lowest BCUT2D eigenvalue weighted by Crippen LogP contribution is -2.30. The highest BCUT2D eigenvalue weighted by Gasteiger charge is 2.30. The smallest absolute Gasteiger partial charge is 0.252 e. The van der Waals surface area contributed by atoms with Crippen LogP contribution in [-0.4, -0.2) is 33.5 Å². The first-order chi connectivity index (χ1) is 17.9. The third-order valence-corrected chi connectivity index (χ3v) is 9.15. The highest BCUT2D eigenvalue weighted by Crippen LogP contribution is 2.50. The van der Waals surface area contributed by atoms with Gasteiger partial charge in [-0.15, -0.1) is 11.8 Å². The second kappa shape index (κ2) is 12.1. The fourth-order valence-corrected chi connectivity index (χ4v) is 6.96. The third kappa shape index (κ3) is 5.35. The molecule has 0 radical (unpaired) electrons. The molecule has 0 bridgehead atoms. The summed E-state index contributed by atoms with van der Waals surface area (Å²) in [6, 6.07) is 12.7. The van der Waals surface area contributed by atoms with E-state index in [0.717, 1.165) is 31.4 Å². The number of fused-ring (bicyclic) bond motifs is 3. The fourth-order valence-electron chi connectivity index (χ4n) is 4.71. The van der Waals surface area contributed by atoms with Crippen molar-refractivity contribution in [1.82, 2.24) is 5.32 Å². The summed E-state index contributed by atoms with van der Waals surface area (Å²) < 4.78 is 18.0. The molecule has 9 heteroatoms. The molecule has 6 nitrogen and oxygen atoms in total. The van der Waals surface area contributed by atoms with E-state index in [-0.39, 0.29) is 11.3 Å². The Morgan fingerprint density at radius 1 is 1.11 bits per heavy atom. The minimum atomic E-state index is -0.394. The van der Waals surface area contributed by atoms with E-state index in [1.165, 1.54) is 11.8 Å². The molecule has 1 amide bonds. The van der Waals surface area contributed by atoms with Crippen molar-refractivity contribution in [2.75, 3.05) is 27.6 Å². The molecule has 1 atom stereocenters. The van der Waals surface area contributed by atoms with Crippen LogP contribution in [0.1, 0.15) is 39.5 Å². The highest BCUT2D eigenvalue weighted by atomic mass is 127. The Labute approximate surface area is 242 Å². The summed E-state index contributed by atoms with van der Waals surface area (Å²) in [5, 5.41) is 3.88. The van der Waals surface area contributed by atoms with E-state index >= 15 is 0 Å². The molecule has 3 aromatic rings.